The van der Waals surface area contributed by atoms with Gasteiger partial charge in [-0.15, -0.1) is 0 Å². The molecule has 1 aliphatic heterocycles. The van der Waals surface area contributed by atoms with E-state index in [-0.39, 0.29) is 13.0 Å². The van der Waals surface area contributed by atoms with Gasteiger partial charge in [-0.05, 0) is 29.2 Å². The molecule has 0 bridgehead atoms. The van der Waals surface area contributed by atoms with Gasteiger partial charge in [0.15, 0.2) is 0 Å². The zero-order valence-electron chi connectivity index (χ0n) is 12.5. The standard InChI is InChI=1S/C16H17N3O3S/c20-16(10-13-4-3-8-17-11-13)18-23(21,22)19-9-7-14-5-1-2-6-15(14)12-19/h1-6,8,11H,7,9-10,12H2,(H,18,20). The number of nitrogens with one attached hydrogen (secondary N) is 1. The van der Waals surface area contributed by atoms with E-state index in [4.69, 9.17) is 0 Å². The Hall–Kier alpha value is -2.25. The maximum atomic E-state index is 12.4. The number of benzene rings is 1. The van der Waals surface area contributed by atoms with Gasteiger partial charge in [0, 0.05) is 25.5 Å². The molecular weight excluding hydrogens is 314 g/mol. The molecule has 1 amide bonds. The van der Waals surface area contributed by atoms with Crippen molar-refractivity contribution in [1.82, 2.24) is 14.0 Å². The Labute approximate surface area is 135 Å². The molecule has 0 saturated heterocycles. The summed E-state index contributed by atoms with van der Waals surface area (Å²) in [5.41, 5.74) is 2.80. The van der Waals surface area contributed by atoms with Gasteiger partial charge in [-0.1, -0.05) is 30.3 Å². The summed E-state index contributed by atoms with van der Waals surface area (Å²) in [6.45, 7) is 0.651. The number of pyridine rings is 1. The molecule has 0 atom stereocenters. The summed E-state index contributed by atoms with van der Waals surface area (Å²) in [5.74, 6) is -0.558. The minimum Gasteiger partial charge on any atom is -0.274 e. The van der Waals surface area contributed by atoms with Crippen molar-refractivity contribution in [1.29, 1.82) is 0 Å². The predicted octanol–water partition coefficient (Wildman–Crippen LogP) is 1.04. The zero-order chi connectivity index (χ0) is 16.3. The number of amides is 1. The van der Waals surface area contributed by atoms with Crippen molar-refractivity contribution in [2.24, 2.45) is 0 Å². The second-order valence-corrected chi connectivity index (χ2v) is 7.09. The summed E-state index contributed by atoms with van der Waals surface area (Å²) < 4.78 is 28.2. The van der Waals surface area contributed by atoms with Crippen molar-refractivity contribution in [3.05, 3.63) is 65.5 Å². The molecule has 23 heavy (non-hydrogen) atoms. The molecule has 2 heterocycles. The topological polar surface area (TPSA) is 79.4 Å². The molecule has 1 aliphatic rings. The van der Waals surface area contributed by atoms with Gasteiger partial charge < -0.3 is 0 Å². The van der Waals surface area contributed by atoms with Crippen LogP contribution in [-0.2, 0) is 34.4 Å². The van der Waals surface area contributed by atoms with Gasteiger partial charge in [-0.25, -0.2) is 4.72 Å². The van der Waals surface area contributed by atoms with Crippen LogP contribution in [0.15, 0.2) is 48.8 Å². The Morgan fingerprint density at radius 1 is 1.17 bits per heavy atom. The van der Waals surface area contributed by atoms with E-state index < -0.39 is 16.1 Å². The number of aromatic nitrogens is 1. The second-order valence-electron chi connectivity index (χ2n) is 5.42. The van der Waals surface area contributed by atoms with Crippen LogP contribution in [-0.4, -0.2) is 30.2 Å². The molecule has 7 heteroatoms. The minimum absolute atomic E-state index is 0.0164. The molecule has 1 N–H and O–H groups in total. The van der Waals surface area contributed by atoms with Crippen molar-refractivity contribution >= 4 is 16.1 Å². The highest BCUT2D eigenvalue weighted by Gasteiger charge is 2.27. The lowest BCUT2D eigenvalue weighted by molar-refractivity contribution is -0.118. The third-order valence-electron chi connectivity index (χ3n) is 3.77. The third-order valence-corrected chi connectivity index (χ3v) is 5.24. The first kappa shape index (κ1) is 15.6. The number of rotatable bonds is 4. The molecule has 0 saturated carbocycles. The van der Waals surface area contributed by atoms with Crippen LogP contribution in [0.5, 0.6) is 0 Å². The van der Waals surface area contributed by atoms with Crippen molar-refractivity contribution in [2.75, 3.05) is 6.54 Å². The fourth-order valence-electron chi connectivity index (χ4n) is 2.61. The fourth-order valence-corrected chi connectivity index (χ4v) is 3.74. The molecule has 0 radical (unpaired) electrons. The maximum absolute atomic E-state index is 12.4. The Morgan fingerprint density at radius 2 is 1.96 bits per heavy atom. The summed E-state index contributed by atoms with van der Waals surface area (Å²) >= 11 is 0. The smallest absolute Gasteiger partial charge is 0.274 e. The quantitative estimate of drug-likeness (QED) is 0.908. The molecule has 0 spiro atoms. The zero-order valence-corrected chi connectivity index (χ0v) is 13.3. The van der Waals surface area contributed by atoms with Crippen LogP contribution in [0.25, 0.3) is 0 Å². The summed E-state index contributed by atoms with van der Waals surface area (Å²) in [6, 6.07) is 11.2. The van der Waals surface area contributed by atoms with Crippen LogP contribution in [0.2, 0.25) is 0 Å². The molecule has 0 aliphatic carbocycles. The van der Waals surface area contributed by atoms with Gasteiger partial charge in [0.1, 0.15) is 0 Å². The van der Waals surface area contributed by atoms with E-state index in [1.165, 1.54) is 4.31 Å². The monoisotopic (exact) mass is 331 g/mol. The van der Waals surface area contributed by atoms with Crippen LogP contribution < -0.4 is 4.72 Å². The number of fused-ring (bicyclic) bond motifs is 1. The van der Waals surface area contributed by atoms with Crippen LogP contribution in [0.4, 0.5) is 0 Å². The van der Waals surface area contributed by atoms with E-state index in [1.807, 2.05) is 24.3 Å². The molecule has 0 unspecified atom stereocenters. The van der Waals surface area contributed by atoms with Crippen LogP contribution >= 0.6 is 0 Å². The molecule has 3 rings (SSSR count). The normalized spacial score (nSPS) is 15.0. The first-order chi connectivity index (χ1) is 11.0. The van der Waals surface area contributed by atoms with E-state index in [0.29, 0.717) is 18.5 Å². The lowest BCUT2D eigenvalue weighted by Gasteiger charge is -2.27. The Kier molecular flexibility index (Phi) is 4.40. The summed E-state index contributed by atoms with van der Waals surface area (Å²) in [6.07, 6.45) is 3.78. The Balaban J connectivity index is 1.67. The highest BCUT2D eigenvalue weighted by Crippen LogP contribution is 2.20. The van der Waals surface area contributed by atoms with Crippen LogP contribution in [0.3, 0.4) is 0 Å². The molecule has 1 aromatic carbocycles. The molecule has 1 aromatic heterocycles. The minimum atomic E-state index is -3.83. The SMILES string of the molecule is O=C(Cc1cccnc1)NS(=O)(=O)N1CCc2ccccc2C1. The van der Waals surface area contributed by atoms with Gasteiger partial charge in [0.05, 0.1) is 6.42 Å². The van der Waals surface area contributed by atoms with Crippen LogP contribution in [0, 0.1) is 0 Å². The maximum Gasteiger partial charge on any atom is 0.304 e. The molecule has 2 aromatic rings. The van der Waals surface area contributed by atoms with E-state index in [9.17, 15) is 13.2 Å². The largest absolute Gasteiger partial charge is 0.304 e. The second kappa shape index (κ2) is 6.47. The lowest BCUT2D eigenvalue weighted by atomic mass is 10.0. The van der Waals surface area contributed by atoms with Gasteiger partial charge in [0.25, 0.3) is 0 Å². The number of carbonyl (C=O) groups is 1. The van der Waals surface area contributed by atoms with E-state index in [1.54, 1.807) is 24.5 Å². The third kappa shape index (κ3) is 3.75. The molecular formula is C16H17N3O3S. The first-order valence-corrected chi connectivity index (χ1v) is 8.75. The molecule has 0 fully saturated rings. The number of hydrogen-bond donors (Lipinski definition) is 1. The summed E-state index contributed by atoms with van der Waals surface area (Å²) in [7, 11) is -3.83. The first-order valence-electron chi connectivity index (χ1n) is 7.31. The Bertz CT molecular complexity index is 806. The molecule has 6 nitrogen and oxygen atoms in total. The van der Waals surface area contributed by atoms with Gasteiger partial charge in [-0.2, -0.15) is 12.7 Å². The van der Waals surface area contributed by atoms with Crippen molar-refractivity contribution in [2.45, 2.75) is 19.4 Å². The van der Waals surface area contributed by atoms with Crippen molar-refractivity contribution < 1.29 is 13.2 Å². The van der Waals surface area contributed by atoms with E-state index in [2.05, 4.69) is 9.71 Å². The van der Waals surface area contributed by atoms with Gasteiger partial charge >= 0.3 is 10.2 Å². The van der Waals surface area contributed by atoms with Crippen molar-refractivity contribution in [3.63, 3.8) is 0 Å². The summed E-state index contributed by atoms with van der Waals surface area (Å²) in [4.78, 5) is 15.9. The number of nitrogens with zero attached hydrogens (tertiary/aromatic N) is 2. The summed E-state index contributed by atoms with van der Waals surface area (Å²) in [5, 5.41) is 0. The highest BCUT2D eigenvalue weighted by molar-refractivity contribution is 7.87. The predicted molar refractivity (Wildman–Crippen MR) is 85.6 cm³/mol. The van der Waals surface area contributed by atoms with E-state index in [0.717, 1.165) is 11.1 Å². The average Bonchev–Trinajstić information content (AvgIpc) is 2.54. The van der Waals surface area contributed by atoms with Crippen LogP contribution in [0.1, 0.15) is 16.7 Å². The van der Waals surface area contributed by atoms with Crippen molar-refractivity contribution in [3.8, 4) is 0 Å². The Morgan fingerprint density at radius 3 is 2.70 bits per heavy atom. The van der Waals surface area contributed by atoms with Gasteiger partial charge in [-0.3, -0.25) is 9.78 Å². The van der Waals surface area contributed by atoms with E-state index >= 15 is 0 Å². The molecule has 120 valence electrons. The number of hydrogen-bond acceptors (Lipinski definition) is 4. The fraction of sp³-hybridized carbons (Fsp3) is 0.250. The highest BCUT2D eigenvalue weighted by atomic mass is 32.2. The lowest BCUT2D eigenvalue weighted by Crippen LogP contribution is -2.46. The van der Waals surface area contributed by atoms with Gasteiger partial charge in [0.2, 0.25) is 5.91 Å². The average molecular weight is 331 g/mol. The number of carbonyl (C=O) groups excluding carboxylic acids is 1.